The minimum absolute atomic E-state index is 0.0166. The molecule has 1 atom stereocenters. The Morgan fingerprint density at radius 3 is 3.31 bits per heavy atom. The SMILES string of the molecule is CSCC(=O)Nc1nc2c(s1)C[C@@H](N)CC2. The van der Waals surface area contributed by atoms with Crippen molar-refractivity contribution in [3.8, 4) is 0 Å². The van der Waals surface area contributed by atoms with Gasteiger partial charge >= 0.3 is 0 Å². The molecule has 16 heavy (non-hydrogen) atoms. The third-order valence-electron chi connectivity index (χ3n) is 2.50. The van der Waals surface area contributed by atoms with Gasteiger partial charge in [0.2, 0.25) is 5.91 Å². The molecule has 0 spiro atoms. The number of carbonyl (C=O) groups excluding carboxylic acids is 1. The Labute approximate surface area is 103 Å². The normalized spacial score (nSPS) is 19.2. The van der Waals surface area contributed by atoms with Gasteiger partial charge in [-0.2, -0.15) is 11.8 Å². The van der Waals surface area contributed by atoms with Crippen molar-refractivity contribution >= 4 is 34.1 Å². The molecule has 1 aromatic rings. The number of thiazole rings is 1. The predicted molar refractivity (Wildman–Crippen MR) is 69.1 cm³/mol. The second-order valence-corrected chi connectivity index (χ2v) is 5.82. The van der Waals surface area contributed by atoms with Gasteiger partial charge in [-0.3, -0.25) is 4.79 Å². The van der Waals surface area contributed by atoms with Crippen LogP contribution in [0, 0.1) is 0 Å². The molecule has 1 heterocycles. The molecule has 0 aromatic carbocycles. The third kappa shape index (κ3) is 2.75. The zero-order chi connectivity index (χ0) is 11.5. The Balaban J connectivity index is 2.04. The molecule has 4 nitrogen and oxygen atoms in total. The molecular formula is C10H15N3OS2. The Bertz CT molecular complexity index is 391. The van der Waals surface area contributed by atoms with Crippen LogP contribution in [0.2, 0.25) is 0 Å². The number of amides is 1. The van der Waals surface area contributed by atoms with Crippen LogP contribution >= 0.6 is 23.1 Å². The molecule has 2 rings (SSSR count). The molecule has 1 aromatic heterocycles. The highest BCUT2D eigenvalue weighted by molar-refractivity contribution is 7.99. The monoisotopic (exact) mass is 257 g/mol. The van der Waals surface area contributed by atoms with Crippen LogP contribution in [-0.2, 0) is 17.6 Å². The van der Waals surface area contributed by atoms with Crippen LogP contribution in [0.25, 0.3) is 0 Å². The molecule has 1 aliphatic carbocycles. The van der Waals surface area contributed by atoms with E-state index in [1.165, 1.54) is 16.6 Å². The highest BCUT2D eigenvalue weighted by Crippen LogP contribution is 2.29. The van der Waals surface area contributed by atoms with Crippen LogP contribution in [0.15, 0.2) is 0 Å². The molecule has 0 unspecified atom stereocenters. The molecule has 0 bridgehead atoms. The van der Waals surface area contributed by atoms with Crippen LogP contribution in [-0.4, -0.2) is 28.9 Å². The van der Waals surface area contributed by atoms with Gasteiger partial charge in [0.25, 0.3) is 0 Å². The molecule has 0 saturated heterocycles. The maximum Gasteiger partial charge on any atom is 0.236 e. The number of hydrogen-bond acceptors (Lipinski definition) is 5. The molecule has 1 amide bonds. The highest BCUT2D eigenvalue weighted by Gasteiger charge is 2.20. The first kappa shape index (κ1) is 11.9. The summed E-state index contributed by atoms with van der Waals surface area (Å²) in [6.07, 6.45) is 4.73. The van der Waals surface area contributed by atoms with Gasteiger partial charge in [0.1, 0.15) is 0 Å². The van der Waals surface area contributed by atoms with Gasteiger partial charge < -0.3 is 11.1 Å². The van der Waals surface area contributed by atoms with Gasteiger partial charge in [0.05, 0.1) is 11.4 Å². The summed E-state index contributed by atoms with van der Waals surface area (Å²) < 4.78 is 0. The largest absolute Gasteiger partial charge is 0.327 e. The fraction of sp³-hybridized carbons (Fsp3) is 0.600. The predicted octanol–water partition coefficient (Wildman–Crippen LogP) is 1.26. The van der Waals surface area contributed by atoms with Gasteiger partial charge in [-0.25, -0.2) is 4.98 Å². The fourth-order valence-electron chi connectivity index (χ4n) is 1.74. The van der Waals surface area contributed by atoms with E-state index in [1.54, 1.807) is 11.3 Å². The first-order chi connectivity index (χ1) is 7.69. The van der Waals surface area contributed by atoms with E-state index in [9.17, 15) is 4.79 Å². The van der Waals surface area contributed by atoms with E-state index >= 15 is 0 Å². The lowest BCUT2D eigenvalue weighted by atomic mass is 9.99. The number of nitrogens with two attached hydrogens (primary N) is 1. The lowest BCUT2D eigenvalue weighted by Crippen LogP contribution is -2.27. The molecule has 88 valence electrons. The van der Waals surface area contributed by atoms with E-state index in [-0.39, 0.29) is 11.9 Å². The van der Waals surface area contributed by atoms with Crippen molar-refractivity contribution in [2.75, 3.05) is 17.3 Å². The lowest BCUT2D eigenvalue weighted by molar-refractivity contribution is -0.113. The van der Waals surface area contributed by atoms with E-state index in [0.717, 1.165) is 30.1 Å². The van der Waals surface area contributed by atoms with Crippen LogP contribution in [0.4, 0.5) is 5.13 Å². The maximum atomic E-state index is 11.4. The zero-order valence-electron chi connectivity index (χ0n) is 9.16. The summed E-state index contributed by atoms with van der Waals surface area (Å²) in [5.74, 6) is 0.493. The van der Waals surface area contributed by atoms with E-state index in [1.807, 2.05) is 6.26 Å². The van der Waals surface area contributed by atoms with Crippen molar-refractivity contribution in [2.45, 2.75) is 25.3 Å². The Morgan fingerprint density at radius 2 is 2.56 bits per heavy atom. The molecule has 6 heteroatoms. The van der Waals surface area contributed by atoms with Crippen LogP contribution < -0.4 is 11.1 Å². The van der Waals surface area contributed by atoms with Crippen molar-refractivity contribution in [2.24, 2.45) is 5.73 Å². The first-order valence-corrected chi connectivity index (χ1v) is 7.43. The van der Waals surface area contributed by atoms with E-state index < -0.39 is 0 Å². The van der Waals surface area contributed by atoms with Crippen LogP contribution in [0.1, 0.15) is 17.0 Å². The smallest absolute Gasteiger partial charge is 0.236 e. The van der Waals surface area contributed by atoms with Crippen LogP contribution in [0.5, 0.6) is 0 Å². The van der Waals surface area contributed by atoms with Gasteiger partial charge in [0, 0.05) is 10.9 Å². The number of rotatable bonds is 3. The first-order valence-electron chi connectivity index (χ1n) is 5.22. The number of nitrogens with one attached hydrogen (secondary N) is 1. The minimum atomic E-state index is 0.0166. The summed E-state index contributed by atoms with van der Waals surface area (Å²) in [5.41, 5.74) is 7.01. The minimum Gasteiger partial charge on any atom is -0.327 e. The summed E-state index contributed by atoms with van der Waals surface area (Å²) in [5, 5.41) is 3.54. The lowest BCUT2D eigenvalue weighted by Gasteiger charge is -2.15. The summed E-state index contributed by atoms with van der Waals surface area (Å²) in [6.45, 7) is 0. The van der Waals surface area contributed by atoms with Gasteiger partial charge in [-0.15, -0.1) is 11.3 Å². The molecule has 3 N–H and O–H groups in total. The number of anilines is 1. The summed E-state index contributed by atoms with van der Waals surface area (Å²) in [7, 11) is 0. The second kappa shape index (κ2) is 5.16. The van der Waals surface area contributed by atoms with Gasteiger partial charge in [0.15, 0.2) is 5.13 Å². The van der Waals surface area contributed by atoms with Crippen molar-refractivity contribution in [3.05, 3.63) is 10.6 Å². The summed E-state index contributed by atoms with van der Waals surface area (Å²) >= 11 is 3.07. The number of carbonyl (C=O) groups is 1. The molecular weight excluding hydrogens is 242 g/mol. The van der Waals surface area contributed by atoms with Crippen LogP contribution in [0.3, 0.4) is 0 Å². The third-order valence-corrected chi connectivity index (χ3v) is 4.09. The standard InChI is InChI=1S/C10H15N3OS2/c1-15-5-9(14)13-10-12-7-3-2-6(11)4-8(7)16-10/h6H,2-5,11H2,1H3,(H,12,13,14)/t6-/m0/s1. The number of hydrogen-bond donors (Lipinski definition) is 2. The summed E-state index contributed by atoms with van der Waals surface area (Å²) in [4.78, 5) is 17.1. The van der Waals surface area contributed by atoms with Crippen molar-refractivity contribution in [3.63, 3.8) is 0 Å². The molecule has 1 aliphatic rings. The Kier molecular flexibility index (Phi) is 3.83. The molecule has 0 aliphatic heterocycles. The molecule has 0 radical (unpaired) electrons. The van der Waals surface area contributed by atoms with Gasteiger partial charge in [-0.1, -0.05) is 0 Å². The number of aryl methyl sites for hydroxylation is 1. The topological polar surface area (TPSA) is 68.0 Å². The number of thioether (sulfide) groups is 1. The van der Waals surface area contributed by atoms with Crippen molar-refractivity contribution in [1.82, 2.24) is 4.98 Å². The maximum absolute atomic E-state index is 11.4. The Morgan fingerprint density at radius 1 is 1.75 bits per heavy atom. The Hall–Kier alpha value is -0.590. The van der Waals surface area contributed by atoms with Gasteiger partial charge in [-0.05, 0) is 25.5 Å². The van der Waals surface area contributed by atoms with E-state index in [0.29, 0.717) is 5.75 Å². The van der Waals surface area contributed by atoms with E-state index in [4.69, 9.17) is 5.73 Å². The highest BCUT2D eigenvalue weighted by atomic mass is 32.2. The molecule has 0 fully saturated rings. The number of fused-ring (bicyclic) bond motifs is 1. The average molecular weight is 257 g/mol. The number of nitrogens with zero attached hydrogens (tertiary/aromatic N) is 1. The zero-order valence-corrected chi connectivity index (χ0v) is 10.8. The molecule has 0 saturated carbocycles. The number of aromatic nitrogens is 1. The van der Waals surface area contributed by atoms with E-state index in [2.05, 4.69) is 10.3 Å². The average Bonchev–Trinajstić information content (AvgIpc) is 2.59. The fourth-order valence-corrected chi connectivity index (χ4v) is 3.19. The quantitative estimate of drug-likeness (QED) is 0.855. The summed E-state index contributed by atoms with van der Waals surface area (Å²) in [6, 6.07) is 0.252. The van der Waals surface area contributed by atoms with Crippen molar-refractivity contribution in [1.29, 1.82) is 0 Å². The second-order valence-electron chi connectivity index (χ2n) is 3.87. The van der Waals surface area contributed by atoms with Crippen molar-refractivity contribution < 1.29 is 4.79 Å².